The van der Waals surface area contributed by atoms with E-state index in [1.54, 1.807) is 0 Å². The van der Waals surface area contributed by atoms with Gasteiger partial charge >= 0.3 is 12.1 Å². The highest BCUT2D eigenvalue weighted by Crippen LogP contribution is 2.34. The summed E-state index contributed by atoms with van der Waals surface area (Å²) in [4.78, 5) is 11.2. The summed E-state index contributed by atoms with van der Waals surface area (Å²) in [5.41, 5.74) is 1.54. The molecule has 0 saturated heterocycles. The zero-order valence-corrected chi connectivity index (χ0v) is 9.49. The molecular formula is C10H7F7N2O. The van der Waals surface area contributed by atoms with Gasteiger partial charge in [-0.15, -0.1) is 0 Å². The zero-order chi connectivity index (χ0) is 15.6. The Kier molecular flexibility index (Phi) is 4.58. The minimum absolute atomic E-state index is 0.725. The average molecular weight is 304 g/mol. The molecule has 10 heteroatoms. The van der Waals surface area contributed by atoms with Crippen LogP contribution >= 0.6 is 0 Å². The number of amides is 1. The lowest BCUT2D eigenvalue weighted by Gasteiger charge is -2.20. The first-order chi connectivity index (χ1) is 9.06. The molecule has 1 rings (SSSR count). The number of hydrogen-bond acceptors (Lipinski definition) is 2. The van der Waals surface area contributed by atoms with Crippen LogP contribution in [0.2, 0.25) is 0 Å². The molecule has 0 radical (unpaired) electrons. The molecule has 112 valence electrons. The summed E-state index contributed by atoms with van der Waals surface area (Å²) < 4.78 is 86.5. The number of alkyl halides is 5. The molecule has 1 amide bonds. The number of halogens is 7. The topological polar surface area (TPSA) is 41.1 Å². The van der Waals surface area contributed by atoms with Crippen molar-refractivity contribution in [3.8, 4) is 0 Å². The lowest BCUT2D eigenvalue weighted by Crippen LogP contribution is -2.50. The minimum atomic E-state index is -5.81. The van der Waals surface area contributed by atoms with Crippen LogP contribution in [0.5, 0.6) is 0 Å². The third-order valence-corrected chi connectivity index (χ3v) is 2.12. The van der Waals surface area contributed by atoms with Crippen molar-refractivity contribution in [1.29, 1.82) is 0 Å². The molecule has 0 bridgehead atoms. The summed E-state index contributed by atoms with van der Waals surface area (Å²) in [7, 11) is 0. The maximum atomic E-state index is 13.1. The van der Waals surface area contributed by atoms with Gasteiger partial charge in [-0.05, 0) is 12.1 Å². The van der Waals surface area contributed by atoms with Crippen LogP contribution in [0.25, 0.3) is 0 Å². The minimum Gasteiger partial charge on any atom is -0.287 e. The van der Waals surface area contributed by atoms with E-state index in [0.717, 1.165) is 18.2 Å². The molecule has 0 unspecified atom stereocenters. The van der Waals surface area contributed by atoms with Gasteiger partial charge in [0.25, 0.3) is 5.91 Å². The third kappa shape index (κ3) is 3.59. The van der Waals surface area contributed by atoms with Crippen LogP contribution in [0, 0.1) is 11.6 Å². The molecule has 0 aliphatic heterocycles. The Balaban J connectivity index is 2.66. The SMILES string of the molecule is O=C(NNCC(F)(F)C(F)(F)F)c1c(F)cccc1F. The lowest BCUT2D eigenvalue weighted by molar-refractivity contribution is -0.279. The van der Waals surface area contributed by atoms with Crippen molar-refractivity contribution in [2.45, 2.75) is 12.1 Å². The largest absolute Gasteiger partial charge is 0.454 e. The number of carbonyl (C=O) groups is 1. The molecule has 0 aromatic heterocycles. The van der Waals surface area contributed by atoms with Crippen LogP contribution in [-0.4, -0.2) is 24.6 Å². The Morgan fingerprint density at radius 2 is 1.55 bits per heavy atom. The fourth-order valence-corrected chi connectivity index (χ4v) is 1.11. The van der Waals surface area contributed by atoms with Crippen molar-refractivity contribution in [3.05, 3.63) is 35.4 Å². The molecular weight excluding hydrogens is 297 g/mol. The number of benzene rings is 1. The second-order valence-corrected chi connectivity index (χ2v) is 3.61. The van der Waals surface area contributed by atoms with Crippen molar-refractivity contribution < 1.29 is 35.5 Å². The number of nitrogens with one attached hydrogen (secondary N) is 2. The van der Waals surface area contributed by atoms with Gasteiger partial charge in [-0.2, -0.15) is 22.0 Å². The Morgan fingerprint density at radius 1 is 1.05 bits per heavy atom. The second kappa shape index (κ2) is 5.65. The molecule has 0 fully saturated rings. The summed E-state index contributed by atoms with van der Waals surface area (Å²) in [6.07, 6.45) is -5.81. The van der Waals surface area contributed by atoms with Crippen molar-refractivity contribution in [2.75, 3.05) is 6.54 Å². The van der Waals surface area contributed by atoms with Gasteiger partial charge in [0.2, 0.25) is 0 Å². The highest BCUT2D eigenvalue weighted by molar-refractivity contribution is 5.94. The van der Waals surface area contributed by atoms with Crippen molar-refractivity contribution in [1.82, 2.24) is 10.9 Å². The van der Waals surface area contributed by atoms with Crippen molar-refractivity contribution in [2.24, 2.45) is 0 Å². The number of hydrazine groups is 1. The average Bonchev–Trinajstić information content (AvgIpc) is 2.26. The van der Waals surface area contributed by atoms with E-state index in [-0.39, 0.29) is 0 Å². The van der Waals surface area contributed by atoms with E-state index in [0.29, 0.717) is 0 Å². The van der Waals surface area contributed by atoms with Gasteiger partial charge in [-0.25, -0.2) is 14.2 Å². The third-order valence-electron chi connectivity index (χ3n) is 2.12. The molecule has 0 spiro atoms. The van der Waals surface area contributed by atoms with Crippen LogP contribution in [0.1, 0.15) is 10.4 Å². The Morgan fingerprint density at radius 3 is 2.00 bits per heavy atom. The second-order valence-electron chi connectivity index (χ2n) is 3.61. The van der Waals surface area contributed by atoms with Crippen LogP contribution in [0.3, 0.4) is 0 Å². The molecule has 2 N–H and O–H groups in total. The highest BCUT2D eigenvalue weighted by Gasteiger charge is 2.57. The van der Waals surface area contributed by atoms with E-state index >= 15 is 0 Å². The maximum absolute atomic E-state index is 13.1. The fraction of sp³-hybridized carbons (Fsp3) is 0.300. The molecule has 0 heterocycles. The first-order valence-corrected chi connectivity index (χ1v) is 4.98. The number of carbonyl (C=O) groups excluding carboxylic acids is 1. The first kappa shape index (κ1) is 16.2. The van der Waals surface area contributed by atoms with E-state index in [1.165, 1.54) is 10.9 Å². The molecule has 1 aromatic rings. The molecule has 20 heavy (non-hydrogen) atoms. The predicted molar refractivity (Wildman–Crippen MR) is 52.8 cm³/mol. The monoisotopic (exact) mass is 304 g/mol. The van der Waals surface area contributed by atoms with E-state index in [2.05, 4.69) is 0 Å². The number of hydrogen-bond donors (Lipinski definition) is 2. The van der Waals surface area contributed by atoms with Gasteiger partial charge in [-0.1, -0.05) is 6.07 Å². The van der Waals surface area contributed by atoms with Gasteiger partial charge in [-0.3, -0.25) is 10.2 Å². The van der Waals surface area contributed by atoms with Crippen LogP contribution in [-0.2, 0) is 0 Å². The van der Waals surface area contributed by atoms with Crippen molar-refractivity contribution >= 4 is 5.91 Å². The predicted octanol–water partition coefficient (Wildman–Crippen LogP) is 2.40. The molecule has 0 saturated carbocycles. The quantitative estimate of drug-likeness (QED) is 0.662. The van der Waals surface area contributed by atoms with E-state index in [4.69, 9.17) is 0 Å². The van der Waals surface area contributed by atoms with E-state index < -0.39 is 41.7 Å². The Bertz CT molecular complexity index is 481. The molecule has 1 aromatic carbocycles. The van der Waals surface area contributed by atoms with Gasteiger partial charge in [0, 0.05) is 0 Å². The van der Waals surface area contributed by atoms with Gasteiger partial charge in [0.1, 0.15) is 17.2 Å². The normalized spacial score (nSPS) is 12.3. The van der Waals surface area contributed by atoms with Gasteiger partial charge in [0.15, 0.2) is 0 Å². The standard InChI is InChI=1S/C10H7F7N2O/c11-5-2-1-3-6(12)7(5)8(20)19-18-4-9(13,14)10(15,16)17/h1-3,18H,4H2,(H,19,20). The summed E-state index contributed by atoms with van der Waals surface area (Å²) >= 11 is 0. The summed E-state index contributed by atoms with van der Waals surface area (Å²) in [5.74, 6) is -9.19. The Labute approximate surface area is 107 Å². The Hall–Kier alpha value is -1.84. The van der Waals surface area contributed by atoms with E-state index in [1.807, 2.05) is 0 Å². The maximum Gasteiger partial charge on any atom is 0.454 e. The van der Waals surface area contributed by atoms with Crippen LogP contribution in [0.15, 0.2) is 18.2 Å². The first-order valence-electron chi connectivity index (χ1n) is 4.98. The molecule has 0 atom stereocenters. The number of rotatable bonds is 4. The van der Waals surface area contributed by atoms with Crippen LogP contribution < -0.4 is 10.9 Å². The molecule has 0 aliphatic rings. The van der Waals surface area contributed by atoms with Crippen LogP contribution in [0.4, 0.5) is 30.7 Å². The van der Waals surface area contributed by atoms with Crippen molar-refractivity contribution in [3.63, 3.8) is 0 Å². The fourth-order valence-electron chi connectivity index (χ4n) is 1.11. The molecule has 0 aliphatic carbocycles. The summed E-state index contributed by atoms with van der Waals surface area (Å²) in [5, 5.41) is 0. The van der Waals surface area contributed by atoms with Gasteiger partial charge in [0.05, 0.1) is 6.54 Å². The highest BCUT2D eigenvalue weighted by atomic mass is 19.4. The smallest absolute Gasteiger partial charge is 0.287 e. The summed E-state index contributed by atoms with van der Waals surface area (Å²) in [6, 6.07) is 2.40. The van der Waals surface area contributed by atoms with Gasteiger partial charge < -0.3 is 0 Å². The summed E-state index contributed by atoms with van der Waals surface area (Å²) in [6.45, 7) is -1.97. The molecule has 3 nitrogen and oxygen atoms in total. The zero-order valence-electron chi connectivity index (χ0n) is 9.49. The lowest BCUT2D eigenvalue weighted by atomic mass is 10.2. The van der Waals surface area contributed by atoms with E-state index in [9.17, 15) is 35.5 Å².